The Morgan fingerprint density at radius 1 is 0.950 bits per heavy atom. The van der Waals surface area contributed by atoms with Gasteiger partial charge in [-0.1, -0.05) is 23.2 Å². The fraction of sp³-hybridized carbons (Fsp3) is 0. The zero-order chi connectivity index (χ0) is 15.4. The molecule has 3 nitrogen and oxygen atoms in total. The van der Waals surface area contributed by atoms with Crippen LogP contribution in [0.25, 0.3) is 5.76 Å². The van der Waals surface area contributed by atoms with Crippen LogP contribution < -0.4 is 0 Å². The lowest BCUT2D eigenvalue weighted by molar-refractivity contribution is -0.113. The first-order valence-electron chi connectivity index (χ1n) is 4.77. The van der Waals surface area contributed by atoms with Crippen LogP contribution in [0.3, 0.4) is 0 Å². The standard InChI is InChI=1S/C10H4Cl4O3.Al.2ClH/c11-5-1-4(2-6(12)3-5)8(15)7(9(13)16)10(14)17;;;/h1-3,15H;;2*1H/q;+3;;/p-3. The summed E-state index contributed by atoms with van der Waals surface area (Å²) in [5, 5.41) is -1.73. The SMILES string of the molecule is O=C(Cl)C(C(=O)Cl)=C([O][Al]([Cl])[Cl])c1cc(Cl)cc(Cl)c1. The van der Waals surface area contributed by atoms with Crippen LogP contribution in [0.15, 0.2) is 23.8 Å². The summed E-state index contributed by atoms with van der Waals surface area (Å²) in [6.07, 6.45) is 0. The van der Waals surface area contributed by atoms with Crippen molar-refractivity contribution in [1.82, 2.24) is 0 Å². The lowest BCUT2D eigenvalue weighted by Gasteiger charge is -2.14. The summed E-state index contributed by atoms with van der Waals surface area (Å²) < 4.78 is 5.15. The Hall–Kier alpha value is 0.372. The molecule has 0 fully saturated rings. The van der Waals surface area contributed by atoms with Crippen LogP contribution in [-0.4, -0.2) is 23.1 Å². The predicted octanol–water partition coefficient (Wildman–Crippen LogP) is 4.71. The number of hydrogen-bond acceptors (Lipinski definition) is 3. The van der Waals surface area contributed by atoms with E-state index in [0.29, 0.717) is 0 Å². The number of halogens is 6. The van der Waals surface area contributed by atoms with E-state index in [4.69, 9.17) is 70.3 Å². The van der Waals surface area contributed by atoms with Crippen molar-refractivity contribution in [3.05, 3.63) is 39.4 Å². The van der Waals surface area contributed by atoms with Crippen molar-refractivity contribution >= 4 is 95.4 Å². The van der Waals surface area contributed by atoms with Crippen molar-refractivity contribution in [3.63, 3.8) is 0 Å². The van der Waals surface area contributed by atoms with Crippen LogP contribution in [0, 0.1) is 0 Å². The molecule has 1 rings (SSSR count). The third kappa shape index (κ3) is 5.29. The zero-order valence-corrected chi connectivity index (χ0v) is 15.0. The van der Waals surface area contributed by atoms with Gasteiger partial charge in [-0.3, -0.25) is 9.59 Å². The number of hydrogen-bond donors (Lipinski definition) is 0. The average Bonchev–Trinajstić information content (AvgIpc) is 2.24. The van der Waals surface area contributed by atoms with E-state index in [1.807, 2.05) is 0 Å². The van der Waals surface area contributed by atoms with Gasteiger partial charge in [0, 0.05) is 15.6 Å². The van der Waals surface area contributed by atoms with E-state index >= 15 is 0 Å². The summed E-state index contributed by atoms with van der Waals surface area (Å²) in [6, 6.07) is 4.24. The summed E-state index contributed by atoms with van der Waals surface area (Å²) in [4.78, 5) is 22.7. The first-order chi connectivity index (χ1) is 9.22. The van der Waals surface area contributed by atoms with Crippen molar-refractivity contribution in [1.29, 1.82) is 0 Å². The van der Waals surface area contributed by atoms with Crippen molar-refractivity contribution in [2.24, 2.45) is 0 Å². The Balaban J connectivity index is 3.56. The Morgan fingerprint density at radius 2 is 1.40 bits per heavy atom. The fourth-order valence-corrected chi connectivity index (χ4v) is 3.19. The van der Waals surface area contributed by atoms with Gasteiger partial charge in [-0.25, -0.2) is 0 Å². The molecule has 0 radical (unpaired) electrons. The average molecular weight is 411 g/mol. The maximum absolute atomic E-state index is 11.3. The second kappa shape index (κ2) is 8.12. The van der Waals surface area contributed by atoms with Crippen LogP contribution in [0.5, 0.6) is 0 Å². The molecule has 0 spiro atoms. The molecule has 0 aliphatic heterocycles. The highest BCUT2D eigenvalue weighted by Gasteiger charge is 2.28. The van der Waals surface area contributed by atoms with Gasteiger partial charge in [0.25, 0.3) is 10.5 Å². The molecule has 0 saturated heterocycles. The molecule has 0 aromatic heterocycles. The van der Waals surface area contributed by atoms with Crippen LogP contribution in [0.1, 0.15) is 5.56 Å². The maximum Gasteiger partial charge on any atom is 0.815 e. The largest absolute Gasteiger partial charge is 0.815 e. The molecule has 0 heterocycles. The van der Waals surface area contributed by atoms with Crippen LogP contribution >= 0.6 is 66.5 Å². The molecule has 1 aromatic carbocycles. The predicted molar refractivity (Wildman–Crippen MR) is 83.6 cm³/mol. The lowest BCUT2D eigenvalue weighted by atomic mass is 10.1. The van der Waals surface area contributed by atoms with Crippen LogP contribution in [-0.2, 0) is 13.4 Å². The van der Waals surface area contributed by atoms with Gasteiger partial charge in [0.1, 0.15) is 11.3 Å². The van der Waals surface area contributed by atoms with Crippen molar-refractivity contribution < 1.29 is 13.4 Å². The number of benzene rings is 1. The molecule has 0 amide bonds. The normalized spacial score (nSPS) is 9.90. The van der Waals surface area contributed by atoms with Gasteiger partial charge in [0.05, 0.1) is 0 Å². The Labute approximate surface area is 147 Å². The molecule has 0 bridgehead atoms. The first-order valence-corrected chi connectivity index (χ1v) is 10.2. The van der Waals surface area contributed by atoms with Gasteiger partial charge in [-0.05, 0) is 41.4 Å². The molecule has 0 unspecified atom stereocenters. The van der Waals surface area contributed by atoms with E-state index in [9.17, 15) is 9.59 Å². The molecule has 1 aromatic rings. The number of rotatable bonds is 5. The minimum Gasteiger partial charge on any atom is -0.619 e. The van der Waals surface area contributed by atoms with Gasteiger partial charge in [0.2, 0.25) is 0 Å². The molecular weight excluding hydrogens is 408 g/mol. The highest BCUT2D eigenvalue weighted by Crippen LogP contribution is 2.30. The molecule has 10 heteroatoms. The molecular formula is C10H3AlCl6O3. The summed E-state index contributed by atoms with van der Waals surface area (Å²) >= 11 is 19.6. The first kappa shape index (κ1) is 18.4. The molecule has 0 atom stereocenters. The molecule has 106 valence electrons. The lowest BCUT2D eigenvalue weighted by Crippen LogP contribution is -2.11. The van der Waals surface area contributed by atoms with Crippen molar-refractivity contribution in [2.45, 2.75) is 0 Å². The Kier molecular flexibility index (Phi) is 7.48. The van der Waals surface area contributed by atoms with E-state index in [1.165, 1.54) is 18.2 Å². The van der Waals surface area contributed by atoms with Crippen LogP contribution in [0.4, 0.5) is 0 Å². The van der Waals surface area contributed by atoms with Crippen molar-refractivity contribution in [3.8, 4) is 0 Å². The number of allylic oxidation sites excluding steroid dienone is 1. The fourth-order valence-electron chi connectivity index (χ4n) is 1.30. The molecule has 0 saturated carbocycles. The summed E-state index contributed by atoms with van der Waals surface area (Å²) in [7, 11) is 11.3. The van der Waals surface area contributed by atoms with Crippen molar-refractivity contribution in [2.75, 3.05) is 0 Å². The zero-order valence-electron chi connectivity index (χ0n) is 9.30. The van der Waals surface area contributed by atoms with E-state index < -0.39 is 28.7 Å². The van der Waals surface area contributed by atoms with E-state index in [1.54, 1.807) is 0 Å². The van der Waals surface area contributed by atoms with Gasteiger partial charge < -0.3 is 3.79 Å². The van der Waals surface area contributed by atoms with Gasteiger partial charge in [0.15, 0.2) is 0 Å². The van der Waals surface area contributed by atoms with Crippen LogP contribution in [0.2, 0.25) is 10.0 Å². The highest BCUT2D eigenvalue weighted by molar-refractivity contribution is 7.31. The van der Waals surface area contributed by atoms with E-state index in [0.717, 1.165) is 0 Å². The molecule has 20 heavy (non-hydrogen) atoms. The minimum absolute atomic E-state index is 0.208. The summed E-state index contributed by atoms with van der Waals surface area (Å²) in [6.45, 7) is 0. The minimum atomic E-state index is -2.69. The highest BCUT2D eigenvalue weighted by atomic mass is 35.7. The maximum atomic E-state index is 11.3. The quantitative estimate of drug-likeness (QED) is 0.176. The topological polar surface area (TPSA) is 43.4 Å². The second-order valence-corrected chi connectivity index (χ2v) is 8.65. The molecule has 0 aliphatic rings. The molecule has 0 aliphatic carbocycles. The monoisotopic (exact) mass is 408 g/mol. The van der Waals surface area contributed by atoms with Gasteiger partial charge in [-0.15, -0.1) is 0 Å². The molecule has 0 N–H and O–H groups in total. The number of carbonyl (C=O) groups is 2. The van der Waals surface area contributed by atoms with E-state index in [2.05, 4.69) is 0 Å². The summed E-state index contributed by atoms with van der Waals surface area (Å²) in [5.74, 6) is -0.254. The second-order valence-electron chi connectivity index (χ2n) is 3.29. The third-order valence-electron chi connectivity index (χ3n) is 1.95. The van der Waals surface area contributed by atoms with E-state index in [-0.39, 0.29) is 21.4 Å². The Bertz CT molecular complexity index is 550. The van der Waals surface area contributed by atoms with Gasteiger partial charge >= 0.3 is 12.6 Å². The smallest absolute Gasteiger partial charge is 0.619 e. The summed E-state index contributed by atoms with van der Waals surface area (Å²) in [5.41, 5.74) is -0.384. The Morgan fingerprint density at radius 3 is 1.75 bits per heavy atom. The third-order valence-corrected chi connectivity index (χ3v) is 3.71. The van der Waals surface area contributed by atoms with Gasteiger partial charge in [-0.2, -0.15) is 20.1 Å². The number of carbonyl (C=O) groups excluding carboxylic acids is 2.